The number of carbonyl (C=O) groups excluding carboxylic acids is 3. The number of H-pyrrole nitrogens is 2. The van der Waals surface area contributed by atoms with Crippen LogP contribution in [0.4, 0.5) is 0 Å². The Balaban J connectivity index is 1.83. The number of para-hydroxylation sites is 1. The fraction of sp³-hybridized carbons (Fsp3) is 0.464. The van der Waals surface area contributed by atoms with Crippen molar-refractivity contribution < 1.29 is 24.3 Å². The molecule has 40 heavy (non-hydrogen) atoms. The van der Waals surface area contributed by atoms with Crippen molar-refractivity contribution in [2.75, 3.05) is 0 Å². The van der Waals surface area contributed by atoms with Crippen molar-refractivity contribution in [3.63, 3.8) is 0 Å². The minimum atomic E-state index is -1.26. The first kappa shape index (κ1) is 30.4. The number of fused-ring (bicyclic) bond motifs is 1. The molecule has 3 amide bonds. The number of benzene rings is 1. The number of aromatic amines is 2. The van der Waals surface area contributed by atoms with Crippen LogP contribution in [0.1, 0.15) is 45.4 Å². The second-order valence-corrected chi connectivity index (χ2v) is 10.8. The number of carboxylic acid groups (broad SMARTS) is 1. The molecule has 2 aromatic heterocycles. The van der Waals surface area contributed by atoms with Gasteiger partial charge >= 0.3 is 5.97 Å². The third-order valence-corrected chi connectivity index (χ3v) is 6.63. The second kappa shape index (κ2) is 13.7. The molecule has 0 aliphatic heterocycles. The predicted molar refractivity (Wildman–Crippen MR) is 150 cm³/mol. The molecule has 12 heteroatoms. The van der Waals surface area contributed by atoms with Gasteiger partial charge in [-0.3, -0.25) is 14.4 Å². The molecule has 0 aliphatic carbocycles. The Hall–Kier alpha value is -4.19. The van der Waals surface area contributed by atoms with E-state index >= 15 is 0 Å². The molecular weight excluding hydrogens is 514 g/mol. The number of nitrogens with zero attached hydrogens (tertiary/aromatic N) is 1. The minimum absolute atomic E-state index is 0.0206. The number of aliphatic carboxylic acids is 1. The van der Waals surface area contributed by atoms with Crippen LogP contribution in [0.2, 0.25) is 0 Å². The molecule has 0 aliphatic rings. The number of rotatable bonds is 14. The molecule has 0 fully saturated rings. The highest BCUT2D eigenvalue weighted by Crippen LogP contribution is 2.19. The Kier molecular flexibility index (Phi) is 10.4. The maximum absolute atomic E-state index is 13.5. The lowest BCUT2D eigenvalue weighted by molar-refractivity contribution is -0.142. The molecule has 1 aromatic carbocycles. The van der Waals surface area contributed by atoms with Crippen LogP contribution in [0.25, 0.3) is 10.9 Å². The molecule has 8 N–H and O–H groups in total. The van der Waals surface area contributed by atoms with Crippen molar-refractivity contribution >= 4 is 34.6 Å². The zero-order chi connectivity index (χ0) is 29.4. The van der Waals surface area contributed by atoms with Gasteiger partial charge in [-0.2, -0.15) is 0 Å². The van der Waals surface area contributed by atoms with E-state index in [4.69, 9.17) is 5.73 Å². The number of amides is 3. The number of nitrogens with one attached hydrogen (secondary N) is 5. The number of hydrogen-bond acceptors (Lipinski definition) is 6. The SMILES string of the molecule is CC(C)CC(N)C(=O)NC(C(=O)NC(Cc1c[nH]c2ccccc12)C(=O)NC(Cc1cnc[nH]1)C(=O)O)C(C)C. The smallest absolute Gasteiger partial charge is 0.326 e. The Bertz CT molecular complexity index is 1300. The maximum Gasteiger partial charge on any atom is 0.326 e. The van der Waals surface area contributed by atoms with E-state index in [1.54, 1.807) is 20.0 Å². The number of imidazole rings is 1. The van der Waals surface area contributed by atoms with Crippen LogP contribution in [-0.2, 0) is 32.0 Å². The first-order chi connectivity index (χ1) is 19.0. The largest absolute Gasteiger partial charge is 0.480 e. The average Bonchev–Trinajstić information content (AvgIpc) is 3.55. The van der Waals surface area contributed by atoms with Gasteiger partial charge < -0.3 is 36.8 Å². The summed E-state index contributed by atoms with van der Waals surface area (Å²) in [6.07, 6.45) is 5.17. The molecule has 0 bridgehead atoms. The van der Waals surface area contributed by atoms with Gasteiger partial charge in [-0.25, -0.2) is 9.78 Å². The van der Waals surface area contributed by atoms with Crippen LogP contribution in [-0.4, -0.2) is 67.9 Å². The number of aromatic nitrogens is 3. The molecule has 216 valence electrons. The van der Waals surface area contributed by atoms with Crippen molar-refractivity contribution in [1.82, 2.24) is 30.9 Å². The van der Waals surface area contributed by atoms with E-state index in [1.165, 1.54) is 12.5 Å². The van der Waals surface area contributed by atoms with Gasteiger partial charge in [-0.1, -0.05) is 45.9 Å². The highest BCUT2D eigenvalue weighted by atomic mass is 16.4. The summed E-state index contributed by atoms with van der Waals surface area (Å²) in [6.45, 7) is 7.45. The predicted octanol–water partition coefficient (Wildman–Crippen LogP) is 1.24. The lowest BCUT2D eigenvalue weighted by atomic mass is 9.99. The Morgan fingerprint density at radius 2 is 1.62 bits per heavy atom. The maximum atomic E-state index is 13.5. The van der Waals surface area contributed by atoms with Crippen molar-refractivity contribution in [3.8, 4) is 0 Å². The van der Waals surface area contributed by atoms with Crippen LogP contribution in [0.5, 0.6) is 0 Å². The fourth-order valence-corrected chi connectivity index (χ4v) is 4.49. The summed E-state index contributed by atoms with van der Waals surface area (Å²) in [5.74, 6) is -3.03. The van der Waals surface area contributed by atoms with Crippen molar-refractivity contribution in [1.29, 1.82) is 0 Å². The van der Waals surface area contributed by atoms with E-state index in [2.05, 4.69) is 30.9 Å². The van der Waals surface area contributed by atoms with E-state index in [1.807, 2.05) is 38.1 Å². The second-order valence-electron chi connectivity index (χ2n) is 10.8. The molecule has 0 saturated carbocycles. The number of carboxylic acids is 1. The molecule has 3 aromatic rings. The van der Waals surface area contributed by atoms with Crippen LogP contribution in [0, 0.1) is 11.8 Å². The van der Waals surface area contributed by atoms with Gasteiger partial charge in [0, 0.05) is 41.8 Å². The normalized spacial score (nSPS) is 14.5. The summed E-state index contributed by atoms with van der Waals surface area (Å²) in [5.41, 5.74) is 8.18. The zero-order valence-electron chi connectivity index (χ0n) is 23.2. The molecule has 4 unspecified atom stereocenters. The molecule has 0 radical (unpaired) electrons. The number of nitrogens with two attached hydrogens (primary N) is 1. The van der Waals surface area contributed by atoms with Crippen LogP contribution >= 0.6 is 0 Å². The molecule has 3 rings (SSSR count). The van der Waals surface area contributed by atoms with Gasteiger partial charge in [-0.15, -0.1) is 0 Å². The first-order valence-corrected chi connectivity index (χ1v) is 13.4. The topological polar surface area (TPSA) is 195 Å². The van der Waals surface area contributed by atoms with Crippen molar-refractivity contribution in [2.45, 2.75) is 71.1 Å². The van der Waals surface area contributed by atoms with Gasteiger partial charge in [0.05, 0.1) is 12.4 Å². The number of hydrogen-bond donors (Lipinski definition) is 7. The first-order valence-electron chi connectivity index (χ1n) is 13.4. The van der Waals surface area contributed by atoms with Crippen LogP contribution < -0.4 is 21.7 Å². The Morgan fingerprint density at radius 3 is 2.25 bits per heavy atom. The highest BCUT2D eigenvalue weighted by Gasteiger charge is 2.32. The van der Waals surface area contributed by atoms with E-state index in [0.29, 0.717) is 12.1 Å². The molecule has 4 atom stereocenters. The summed E-state index contributed by atoms with van der Waals surface area (Å²) >= 11 is 0. The zero-order valence-corrected chi connectivity index (χ0v) is 23.2. The van der Waals surface area contributed by atoms with E-state index < -0.39 is 47.9 Å². The van der Waals surface area contributed by atoms with Gasteiger partial charge in [0.15, 0.2) is 0 Å². The molecule has 0 saturated heterocycles. The number of carbonyl (C=O) groups is 4. The lowest BCUT2D eigenvalue weighted by Gasteiger charge is -2.27. The molecule has 12 nitrogen and oxygen atoms in total. The molecule has 2 heterocycles. The fourth-order valence-electron chi connectivity index (χ4n) is 4.49. The van der Waals surface area contributed by atoms with Crippen molar-refractivity contribution in [2.24, 2.45) is 17.6 Å². The molecule has 0 spiro atoms. The summed E-state index contributed by atoms with van der Waals surface area (Å²) < 4.78 is 0. The van der Waals surface area contributed by atoms with Crippen LogP contribution in [0.3, 0.4) is 0 Å². The van der Waals surface area contributed by atoms with Gasteiger partial charge in [0.1, 0.15) is 18.1 Å². The van der Waals surface area contributed by atoms with E-state index in [0.717, 1.165) is 16.5 Å². The Morgan fingerprint density at radius 1 is 0.925 bits per heavy atom. The Labute approximate surface area is 232 Å². The van der Waals surface area contributed by atoms with Crippen molar-refractivity contribution in [3.05, 3.63) is 54.2 Å². The summed E-state index contributed by atoms with van der Waals surface area (Å²) in [4.78, 5) is 61.5. The standard InChI is InChI=1S/C28H39N7O5/c1-15(2)9-20(29)25(36)35-24(16(3)4)27(38)33-22(10-17-12-31-21-8-6-5-7-19(17)21)26(37)34-23(28(39)40)11-18-13-30-14-32-18/h5-8,12-16,20,22-24,31H,9-11,29H2,1-4H3,(H,30,32)(H,33,38)(H,34,37)(H,35,36)(H,39,40). The molecular formula is C28H39N7O5. The summed E-state index contributed by atoms with van der Waals surface area (Å²) in [6, 6.07) is 3.40. The highest BCUT2D eigenvalue weighted by molar-refractivity contribution is 5.95. The summed E-state index contributed by atoms with van der Waals surface area (Å²) in [7, 11) is 0. The minimum Gasteiger partial charge on any atom is -0.480 e. The third-order valence-electron chi connectivity index (χ3n) is 6.63. The third kappa shape index (κ3) is 8.15. The average molecular weight is 554 g/mol. The lowest BCUT2D eigenvalue weighted by Crippen LogP contribution is -2.59. The van der Waals surface area contributed by atoms with E-state index in [9.17, 15) is 24.3 Å². The quantitative estimate of drug-likeness (QED) is 0.156. The monoisotopic (exact) mass is 553 g/mol. The van der Waals surface area contributed by atoms with Gasteiger partial charge in [0.25, 0.3) is 0 Å². The van der Waals surface area contributed by atoms with Gasteiger partial charge in [-0.05, 0) is 29.9 Å². The summed E-state index contributed by atoms with van der Waals surface area (Å²) in [5, 5.41) is 18.7. The van der Waals surface area contributed by atoms with Gasteiger partial charge in [0.2, 0.25) is 17.7 Å². The van der Waals surface area contributed by atoms with Crippen LogP contribution in [0.15, 0.2) is 43.0 Å². The van der Waals surface area contributed by atoms with E-state index in [-0.39, 0.29) is 24.7 Å².